The summed E-state index contributed by atoms with van der Waals surface area (Å²) in [6.07, 6.45) is 3.64. The second kappa shape index (κ2) is 6.46. The minimum absolute atomic E-state index is 0.631. The fourth-order valence-electron chi connectivity index (χ4n) is 2.16. The molecule has 0 N–H and O–H groups in total. The fraction of sp³-hybridized carbons (Fsp3) is 0.600. The summed E-state index contributed by atoms with van der Waals surface area (Å²) in [5.41, 5.74) is 1.49. The number of ether oxygens (including phenoxy) is 1. The molecule has 1 nitrogen and oxygen atoms in total. The molecule has 0 amide bonds. The minimum atomic E-state index is 0.631. The van der Waals surface area contributed by atoms with Crippen LogP contribution in [0.15, 0.2) is 29.2 Å². The number of thioether (sulfide) groups is 1. The predicted molar refractivity (Wildman–Crippen MR) is 74.7 cm³/mol. The molecule has 0 aromatic heterocycles. The standard InChI is InChI=1S/C15H22OS/c1-12(2)6-5-9-16-11-14-10-13-7-3-4-8-15(13)17-14/h3-4,7-8,12,14H,5-6,9-11H2,1-2H3. The van der Waals surface area contributed by atoms with Gasteiger partial charge in [-0.25, -0.2) is 0 Å². The Kier molecular flexibility index (Phi) is 4.93. The highest BCUT2D eigenvalue weighted by Gasteiger charge is 2.21. The zero-order valence-electron chi connectivity index (χ0n) is 10.8. The van der Waals surface area contributed by atoms with E-state index in [1.54, 1.807) is 0 Å². The maximum absolute atomic E-state index is 5.78. The molecule has 1 aromatic carbocycles. The van der Waals surface area contributed by atoms with Gasteiger partial charge in [-0.15, -0.1) is 11.8 Å². The molecule has 0 radical (unpaired) electrons. The minimum Gasteiger partial charge on any atom is -0.380 e. The highest BCUT2D eigenvalue weighted by atomic mass is 32.2. The van der Waals surface area contributed by atoms with E-state index in [9.17, 15) is 0 Å². The molecular weight excluding hydrogens is 228 g/mol. The third kappa shape index (κ3) is 4.04. The summed E-state index contributed by atoms with van der Waals surface area (Å²) < 4.78 is 5.78. The molecule has 0 saturated heterocycles. The molecule has 1 aliphatic heterocycles. The molecule has 17 heavy (non-hydrogen) atoms. The summed E-state index contributed by atoms with van der Waals surface area (Å²) in [6.45, 7) is 6.36. The Morgan fingerprint density at radius 1 is 1.35 bits per heavy atom. The molecule has 0 spiro atoms. The molecule has 0 bridgehead atoms. The van der Waals surface area contributed by atoms with E-state index < -0.39 is 0 Å². The van der Waals surface area contributed by atoms with Gasteiger partial charge in [0.1, 0.15) is 0 Å². The number of hydrogen-bond donors (Lipinski definition) is 0. The lowest BCUT2D eigenvalue weighted by Crippen LogP contribution is -2.11. The lowest BCUT2D eigenvalue weighted by atomic mass is 10.1. The van der Waals surface area contributed by atoms with Crippen molar-refractivity contribution in [1.29, 1.82) is 0 Å². The largest absolute Gasteiger partial charge is 0.380 e. The van der Waals surface area contributed by atoms with Crippen LogP contribution >= 0.6 is 11.8 Å². The first-order valence-electron chi connectivity index (χ1n) is 6.58. The van der Waals surface area contributed by atoms with Crippen LogP contribution in [-0.4, -0.2) is 18.5 Å². The highest BCUT2D eigenvalue weighted by molar-refractivity contribution is 8.00. The lowest BCUT2D eigenvalue weighted by Gasteiger charge is -2.10. The van der Waals surface area contributed by atoms with E-state index >= 15 is 0 Å². The van der Waals surface area contributed by atoms with Crippen LogP contribution in [0, 0.1) is 5.92 Å². The molecule has 1 heterocycles. The van der Waals surface area contributed by atoms with Crippen LogP contribution in [0.1, 0.15) is 32.3 Å². The van der Waals surface area contributed by atoms with Crippen molar-refractivity contribution in [2.45, 2.75) is 43.3 Å². The number of benzene rings is 1. The van der Waals surface area contributed by atoms with Crippen LogP contribution in [0.2, 0.25) is 0 Å². The van der Waals surface area contributed by atoms with Gasteiger partial charge in [0.15, 0.2) is 0 Å². The Balaban J connectivity index is 1.63. The van der Waals surface area contributed by atoms with Gasteiger partial charge < -0.3 is 4.74 Å². The number of fused-ring (bicyclic) bond motifs is 1. The molecule has 1 atom stereocenters. The summed E-state index contributed by atoms with van der Waals surface area (Å²) >= 11 is 1.98. The Bertz CT molecular complexity index is 324. The molecule has 94 valence electrons. The quantitative estimate of drug-likeness (QED) is 0.701. The van der Waals surface area contributed by atoms with Crippen molar-refractivity contribution in [3.8, 4) is 0 Å². The monoisotopic (exact) mass is 250 g/mol. The van der Waals surface area contributed by atoms with Crippen LogP contribution in [0.4, 0.5) is 0 Å². The summed E-state index contributed by atoms with van der Waals surface area (Å²) in [4.78, 5) is 1.45. The van der Waals surface area contributed by atoms with Crippen molar-refractivity contribution >= 4 is 11.8 Å². The van der Waals surface area contributed by atoms with Crippen LogP contribution in [0.3, 0.4) is 0 Å². The van der Waals surface area contributed by atoms with E-state index in [2.05, 4.69) is 38.1 Å². The first-order chi connectivity index (χ1) is 8.25. The normalized spacial score (nSPS) is 18.6. The fourth-order valence-corrected chi connectivity index (χ4v) is 3.40. The van der Waals surface area contributed by atoms with E-state index in [0.29, 0.717) is 5.25 Å². The van der Waals surface area contributed by atoms with Crippen molar-refractivity contribution in [3.63, 3.8) is 0 Å². The van der Waals surface area contributed by atoms with E-state index in [-0.39, 0.29) is 0 Å². The smallest absolute Gasteiger partial charge is 0.0591 e. The second-order valence-corrected chi connectivity index (χ2v) is 6.50. The van der Waals surface area contributed by atoms with Crippen LogP contribution in [-0.2, 0) is 11.2 Å². The van der Waals surface area contributed by atoms with Crippen molar-refractivity contribution in [2.75, 3.05) is 13.2 Å². The van der Waals surface area contributed by atoms with Crippen LogP contribution in [0.5, 0.6) is 0 Å². The van der Waals surface area contributed by atoms with Gasteiger partial charge >= 0.3 is 0 Å². The van der Waals surface area contributed by atoms with E-state index in [0.717, 1.165) is 19.1 Å². The summed E-state index contributed by atoms with van der Waals surface area (Å²) in [5, 5.41) is 0.631. The maximum atomic E-state index is 5.78. The summed E-state index contributed by atoms with van der Waals surface area (Å²) in [7, 11) is 0. The lowest BCUT2D eigenvalue weighted by molar-refractivity contribution is 0.129. The first-order valence-corrected chi connectivity index (χ1v) is 7.46. The van der Waals surface area contributed by atoms with Gasteiger partial charge in [-0.05, 0) is 36.8 Å². The van der Waals surface area contributed by atoms with E-state index in [1.165, 1.54) is 29.7 Å². The Morgan fingerprint density at radius 3 is 2.94 bits per heavy atom. The molecule has 2 rings (SSSR count). The molecule has 1 unspecified atom stereocenters. The third-order valence-corrected chi connectivity index (χ3v) is 4.38. The predicted octanol–water partition coefficient (Wildman–Crippen LogP) is 4.16. The number of rotatable bonds is 6. The van der Waals surface area contributed by atoms with Gasteiger partial charge in [-0.1, -0.05) is 32.0 Å². The Morgan fingerprint density at radius 2 is 2.18 bits per heavy atom. The van der Waals surface area contributed by atoms with Crippen molar-refractivity contribution in [3.05, 3.63) is 29.8 Å². The zero-order chi connectivity index (χ0) is 12.1. The molecule has 1 aliphatic rings. The van der Waals surface area contributed by atoms with Gasteiger partial charge in [-0.2, -0.15) is 0 Å². The molecule has 1 aromatic rings. The molecular formula is C15H22OS. The molecule has 0 aliphatic carbocycles. The van der Waals surface area contributed by atoms with Gasteiger partial charge in [0.2, 0.25) is 0 Å². The maximum Gasteiger partial charge on any atom is 0.0591 e. The topological polar surface area (TPSA) is 9.23 Å². The van der Waals surface area contributed by atoms with Crippen molar-refractivity contribution in [1.82, 2.24) is 0 Å². The molecule has 0 fully saturated rings. The summed E-state index contributed by atoms with van der Waals surface area (Å²) in [6, 6.07) is 8.71. The Hall–Kier alpha value is -0.470. The summed E-state index contributed by atoms with van der Waals surface area (Å²) in [5.74, 6) is 0.795. The van der Waals surface area contributed by atoms with Gasteiger partial charge in [0.25, 0.3) is 0 Å². The van der Waals surface area contributed by atoms with Crippen LogP contribution < -0.4 is 0 Å². The first kappa shape index (κ1) is 13.0. The van der Waals surface area contributed by atoms with Gasteiger partial charge in [0.05, 0.1) is 6.61 Å². The van der Waals surface area contributed by atoms with Crippen LogP contribution in [0.25, 0.3) is 0 Å². The highest BCUT2D eigenvalue weighted by Crippen LogP contribution is 2.36. The van der Waals surface area contributed by atoms with Crippen molar-refractivity contribution < 1.29 is 4.74 Å². The van der Waals surface area contributed by atoms with E-state index in [1.807, 2.05) is 11.8 Å². The Labute approximate surface area is 109 Å². The SMILES string of the molecule is CC(C)CCCOCC1Cc2ccccc2S1. The molecule has 0 saturated carbocycles. The van der Waals surface area contributed by atoms with E-state index in [4.69, 9.17) is 4.74 Å². The average Bonchev–Trinajstić information content (AvgIpc) is 2.70. The number of hydrogen-bond acceptors (Lipinski definition) is 2. The van der Waals surface area contributed by atoms with Gasteiger partial charge in [0, 0.05) is 16.8 Å². The average molecular weight is 250 g/mol. The third-order valence-electron chi connectivity index (χ3n) is 3.09. The van der Waals surface area contributed by atoms with Crippen molar-refractivity contribution in [2.24, 2.45) is 5.92 Å². The molecule has 2 heteroatoms. The zero-order valence-corrected chi connectivity index (χ0v) is 11.6. The second-order valence-electron chi connectivity index (χ2n) is 5.16. The van der Waals surface area contributed by atoms with Gasteiger partial charge in [-0.3, -0.25) is 0 Å².